The zero-order chi connectivity index (χ0) is 12.7. The molecule has 3 rings (SSSR count). The molecule has 90 valence electrons. The van der Waals surface area contributed by atoms with E-state index in [4.69, 9.17) is 5.73 Å². The molecule has 2 heterocycles. The van der Waals surface area contributed by atoms with Gasteiger partial charge < -0.3 is 5.73 Å². The zero-order valence-corrected chi connectivity index (χ0v) is 10.4. The van der Waals surface area contributed by atoms with Crippen molar-refractivity contribution in [2.24, 2.45) is 7.05 Å². The van der Waals surface area contributed by atoms with Gasteiger partial charge in [0, 0.05) is 36.0 Å². The van der Waals surface area contributed by atoms with Crippen molar-refractivity contribution in [2.45, 2.75) is 6.92 Å². The van der Waals surface area contributed by atoms with Gasteiger partial charge in [0.2, 0.25) is 0 Å². The molecule has 0 aliphatic carbocycles. The molecule has 0 saturated heterocycles. The molecule has 0 aliphatic heterocycles. The van der Waals surface area contributed by atoms with Crippen molar-refractivity contribution in [1.29, 1.82) is 0 Å². The highest BCUT2D eigenvalue weighted by atomic mass is 15.3. The van der Waals surface area contributed by atoms with Crippen LogP contribution >= 0.6 is 0 Å². The summed E-state index contributed by atoms with van der Waals surface area (Å²) in [6, 6.07) is 10.2. The van der Waals surface area contributed by atoms with Gasteiger partial charge in [-0.1, -0.05) is 12.1 Å². The summed E-state index contributed by atoms with van der Waals surface area (Å²) in [5, 5.41) is 6.68. The van der Waals surface area contributed by atoms with E-state index in [1.807, 2.05) is 26.2 Å². The Morgan fingerprint density at radius 3 is 2.67 bits per heavy atom. The Morgan fingerprint density at radius 2 is 1.94 bits per heavy atom. The Bertz CT molecular complexity index is 708. The molecule has 4 nitrogen and oxygen atoms in total. The first-order valence-electron chi connectivity index (χ1n) is 5.80. The molecule has 0 fully saturated rings. The highest BCUT2D eigenvalue weighted by Crippen LogP contribution is 2.24. The Hall–Kier alpha value is -2.36. The largest absolute Gasteiger partial charge is 0.384 e. The summed E-state index contributed by atoms with van der Waals surface area (Å²) in [5.41, 5.74) is 8.77. The number of aryl methyl sites for hydroxylation is 2. The molecule has 0 aliphatic rings. The summed E-state index contributed by atoms with van der Waals surface area (Å²) in [6.45, 7) is 1.99. The lowest BCUT2D eigenvalue weighted by Gasteiger charge is -2.01. The quantitative estimate of drug-likeness (QED) is 0.708. The number of hydrogen-bond donors (Lipinski definition) is 1. The van der Waals surface area contributed by atoms with Crippen molar-refractivity contribution in [2.75, 3.05) is 5.73 Å². The van der Waals surface area contributed by atoms with Crippen molar-refractivity contribution >= 4 is 16.6 Å². The van der Waals surface area contributed by atoms with Gasteiger partial charge in [-0.25, -0.2) is 0 Å². The van der Waals surface area contributed by atoms with Gasteiger partial charge in [-0.15, -0.1) is 0 Å². The molecule has 2 N–H and O–H groups in total. The van der Waals surface area contributed by atoms with Gasteiger partial charge in [0.25, 0.3) is 0 Å². The van der Waals surface area contributed by atoms with Gasteiger partial charge in [0.1, 0.15) is 5.82 Å². The first-order chi connectivity index (χ1) is 8.63. The van der Waals surface area contributed by atoms with Crippen molar-refractivity contribution in [3.63, 3.8) is 0 Å². The molecule has 0 spiro atoms. The molecule has 0 atom stereocenters. The second kappa shape index (κ2) is 3.84. The summed E-state index contributed by atoms with van der Waals surface area (Å²) in [7, 11) is 1.84. The third kappa shape index (κ3) is 1.72. The first-order valence-corrected chi connectivity index (χ1v) is 5.80. The number of anilines is 1. The fraction of sp³-hybridized carbons (Fsp3) is 0.143. The Morgan fingerprint density at radius 1 is 1.11 bits per heavy atom. The number of nitrogens with zero attached hydrogens (tertiary/aromatic N) is 3. The highest BCUT2D eigenvalue weighted by Gasteiger charge is 2.05. The van der Waals surface area contributed by atoms with Crippen molar-refractivity contribution in [1.82, 2.24) is 14.8 Å². The van der Waals surface area contributed by atoms with Gasteiger partial charge in [-0.2, -0.15) is 5.10 Å². The monoisotopic (exact) mass is 238 g/mol. The van der Waals surface area contributed by atoms with Crippen LogP contribution in [-0.4, -0.2) is 14.8 Å². The van der Waals surface area contributed by atoms with Crippen LogP contribution in [0, 0.1) is 6.92 Å². The number of benzene rings is 1. The maximum absolute atomic E-state index is 5.80. The molecule has 0 radical (unpaired) electrons. The van der Waals surface area contributed by atoms with Crippen LogP contribution in [-0.2, 0) is 7.05 Å². The van der Waals surface area contributed by atoms with Crippen LogP contribution in [0.15, 0.2) is 36.5 Å². The van der Waals surface area contributed by atoms with E-state index in [0.717, 1.165) is 22.3 Å². The maximum atomic E-state index is 5.80. The normalized spacial score (nSPS) is 11.0. The molecule has 18 heavy (non-hydrogen) atoms. The lowest BCUT2D eigenvalue weighted by Crippen LogP contribution is -1.96. The van der Waals surface area contributed by atoms with E-state index in [1.165, 1.54) is 5.39 Å². The number of hydrogen-bond acceptors (Lipinski definition) is 3. The van der Waals surface area contributed by atoms with E-state index in [2.05, 4.69) is 34.3 Å². The van der Waals surface area contributed by atoms with E-state index in [1.54, 1.807) is 4.68 Å². The molecule has 1 aromatic carbocycles. The summed E-state index contributed by atoms with van der Waals surface area (Å²) < 4.78 is 1.67. The molecule has 0 unspecified atom stereocenters. The summed E-state index contributed by atoms with van der Waals surface area (Å²) in [6.07, 6.45) is 1.89. The third-order valence-electron chi connectivity index (χ3n) is 3.07. The molecule has 0 bridgehead atoms. The second-order valence-corrected chi connectivity index (χ2v) is 4.47. The average Bonchev–Trinajstić information content (AvgIpc) is 2.69. The minimum Gasteiger partial charge on any atom is -0.384 e. The van der Waals surface area contributed by atoms with E-state index >= 15 is 0 Å². The number of fused-ring (bicyclic) bond motifs is 1. The number of rotatable bonds is 1. The van der Waals surface area contributed by atoms with E-state index in [-0.39, 0.29) is 0 Å². The SMILES string of the molecule is Cc1cc2ccc(-c3cc(N)n(C)n3)cc2cn1. The highest BCUT2D eigenvalue weighted by molar-refractivity contribution is 5.86. The third-order valence-corrected chi connectivity index (χ3v) is 3.07. The zero-order valence-electron chi connectivity index (χ0n) is 10.4. The summed E-state index contributed by atoms with van der Waals surface area (Å²) in [5.74, 6) is 0.659. The van der Waals surface area contributed by atoms with Crippen LogP contribution in [0.3, 0.4) is 0 Å². The van der Waals surface area contributed by atoms with Crippen LogP contribution < -0.4 is 5.73 Å². The number of nitrogens with two attached hydrogens (primary N) is 1. The van der Waals surface area contributed by atoms with Gasteiger partial charge in [-0.3, -0.25) is 9.67 Å². The second-order valence-electron chi connectivity index (χ2n) is 4.47. The van der Waals surface area contributed by atoms with Gasteiger partial charge in [0.15, 0.2) is 0 Å². The fourth-order valence-corrected chi connectivity index (χ4v) is 2.03. The van der Waals surface area contributed by atoms with Gasteiger partial charge >= 0.3 is 0 Å². The van der Waals surface area contributed by atoms with Crippen LogP contribution in [0.25, 0.3) is 22.0 Å². The summed E-state index contributed by atoms with van der Waals surface area (Å²) in [4.78, 5) is 4.31. The van der Waals surface area contributed by atoms with Crippen molar-refractivity contribution in [3.8, 4) is 11.3 Å². The molecular formula is C14H14N4. The van der Waals surface area contributed by atoms with Gasteiger partial charge in [-0.05, 0) is 24.4 Å². The maximum Gasteiger partial charge on any atom is 0.121 e. The molecule has 3 aromatic rings. The molecule has 0 amide bonds. The molecule has 4 heteroatoms. The van der Waals surface area contributed by atoms with E-state index < -0.39 is 0 Å². The molecule has 2 aromatic heterocycles. The predicted molar refractivity (Wildman–Crippen MR) is 73.1 cm³/mol. The van der Waals surface area contributed by atoms with Crippen molar-refractivity contribution < 1.29 is 0 Å². The van der Waals surface area contributed by atoms with Crippen LogP contribution in [0.1, 0.15) is 5.69 Å². The smallest absolute Gasteiger partial charge is 0.121 e. The van der Waals surface area contributed by atoms with Crippen molar-refractivity contribution in [3.05, 3.63) is 42.2 Å². The predicted octanol–water partition coefficient (Wildman–Crippen LogP) is 2.53. The van der Waals surface area contributed by atoms with Gasteiger partial charge in [0.05, 0.1) is 5.69 Å². The fourth-order valence-electron chi connectivity index (χ4n) is 2.03. The molecule has 0 saturated carbocycles. The Balaban J connectivity index is 2.16. The minimum atomic E-state index is 0.659. The average molecular weight is 238 g/mol. The number of aromatic nitrogens is 3. The van der Waals surface area contributed by atoms with Crippen LogP contribution in [0.4, 0.5) is 5.82 Å². The molecular weight excluding hydrogens is 224 g/mol. The topological polar surface area (TPSA) is 56.7 Å². The van der Waals surface area contributed by atoms with E-state index in [9.17, 15) is 0 Å². The van der Waals surface area contributed by atoms with E-state index in [0.29, 0.717) is 5.82 Å². The number of nitrogen functional groups attached to an aromatic ring is 1. The van der Waals surface area contributed by atoms with Crippen LogP contribution in [0.5, 0.6) is 0 Å². The lowest BCUT2D eigenvalue weighted by atomic mass is 10.1. The minimum absolute atomic E-state index is 0.659. The summed E-state index contributed by atoms with van der Waals surface area (Å²) >= 11 is 0. The Kier molecular flexibility index (Phi) is 2.30. The first kappa shape index (κ1) is 10.8. The Labute approximate surface area is 105 Å². The van der Waals surface area contributed by atoms with Crippen LogP contribution in [0.2, 0.25) is 0 Å². The standard InChI is InChI=1S/C14H14N4/c1-9-5-10-3-4-11(6-12(10)8-16-9)13-7-14(15)18(2)17-13/h3-8H,15H2,1-2H3. The lowest BCUT2D eigenvalue weighted by molar-refractivity contribution is 0.782. The number of pyridine rings is 1.